The topological polar surface area (TPSA) is 41.1 Å². The van der Waals surface area contributed by atoms with Gasteiger partial charge in [0.25, 0.3) is 0 Å². The van der Waals surface area contributed by atoms with Crippen molar-refractivity contribution in [3.05, 3.63) is 132 Å². The molecule has 0 unspecified atom stereocenters. The molecular weight excluding hydrogens is 392 g/mol. The Hall–Kier alpha value is -3.85. The highest BCUT2D eigenvalue weighted by molar-refractivity contribution is 5.81. The fourth-order valence-electron chi connectivity index (χ4n) is 3.88. The maximum Gasteiger partial charge on any atom is 0.137 e. The maximum absolute atomic E-state index is 13.3. The number of carbonyl (C=O) groups is 1. The smallest absolute Gasteiger partial charge is 0.137 e. The molecule has 3 heteroatoms. The van der Waals surface area contributed by atoms with Crippen LogP contribution >= 0.6 is 0 Å². The number of para-hydroxylation sites is 2. The average molecular weight is 421 g/mol. The summed E-state index contributed by atoms with van der Waals surface area (Å²) >= 11 is 0. The highest BCUT2D eigenvalue weighted by atomic mass is 16.1. The number of anilines is 2. The molecule has 160 valence electrons. The third kappa shape index (κ3) is 6.08. The van der Waals surface area contributed by atoms with Crippen molar-refractivity contribution < 1.29 is 4.79 Å². The quantitative estimate of drug-likeness (QED) is 0.289. The van der Waals surface area contributed by atoms with Crippen molar-refractivity contribution in [2.24, 2.45) is 0 Å². The number of ketones is 1. The first-order chi connectivity index (χ1) is 15.8. The summed E-state index contributed by atoms with van der Waals surface area (Å²) in [4.78, 5) is 13.3. The van der Waals surface area contributed by atoms with Gasteiger partial charge in [-0.2, -0.15) is 0 Å². The van der Waals surface area contributed by atoms with Gasteiger partial charge in [0.15, 0.2) is 0 Å². The molecule has 0 aliphatic carbocycles. The molecule has 4 rings (SSSR count). The lowest BCUT2D eigenvalue weighted by Crippen LogP contribution is -2.20. The minimum atomic E-state index is -0.0840. The third-order valence-electron chi connectivity index (χ3n) is 5.50. The van der Waals surface area contributed by atoms with Crippen LogP contribution in [0.5, 0.6) is 0 Å². The van der Waals surface area contributed by atoms with Gasteiger partial charge < -0.3 is 10.6 Å². The van der Waals surface area contributed by atoms with E-state index in [2.05, 4.69) is 34.9 Å². The van der Waals surface area contributed by atoms with Gasteiger partial charge in [0, 0.05) is 24.2 Å². The summed E-state index contributed by atoms with van der Waals surface area (Å²) in [5, 5.41) is 7.10. The molecule has 0 heterocycles. The van der Waals surface area contributed by atoms with E-state index in [-0.39, 0.29) is 17.9 Å². The van der Waals surface area contributed by atoms with Crippen LogP contribution in [0.3, 0.4) is 0 Å². The van der Waals surface area contributed by atoms with Crippen molar-refractivity contribution in [1.29, 1.82) is 0 Å². The predicted molar refractivity (Wildman–Crippen MR) is 133 cm³/mol. The molecule has 0 aromatic heterocycles. The van der Waals surface area contributed by atoms with E-state index in [1.54, 1.807) is 0 Å². The van der Waals surface area contributed by atoms with Gasteiger partial charge in [0.2, 0.25) is 0 Å². The summed E-state index contributed by atoms with van der Waals surface area (Å²) in [5.74, 6) is 0.208. The first-order valence-electron chi connectivity index (χ1n) is 11.0. The van der Waals surface area contributed by atoms with Crippen LogP contribution in [-0.2, 0) is 4.79 Å². The van der Waals surface area contributed by atoms with E-state index in [9.17, 15) is 4.79 Å². The van der Waals surface area contributed by atoms with E-state index < -0.39 is 0 Å². The van der Waals surface area contributed by atoms with Gasteiger partial charge in [-0.1, -0.05) is 97.1 Å². The summed E-state index contributed by atoms with van der Waals surface area (Å²) in [6, 6.07) is 40.3. The highest BCUT2D eigenvalue weighted by Gasteiger charge is 2.21. The lowest BCUT2D eigenvalue weighted by Gasteiger charge is -2.23. The summed E-state index contributed by atoms with van der Waals surface area (Å²) in [5.41, 5.74) is 4.24. The standard InChI is InChI=1S/C29H28N2O/c32-27(21-28(23-13-5-1-6-14-23)30-25-17-9-3-10-18-25)22-29(24-15-7-2-8-16-24)31-26-19-11-4-12-20-26/h1-20,28-31H,21-22H2/t28-,29+. The maximum atomic E-state index is 13.3. The van der Waals surface area contributed by atoms with Gasteiger partial charge in [-0.15, -0.1) is 0 Å². The number of hydrogen-bond donors (Lipinski definition) is 2. The summed E-state index contributed by atoms with van der Waals surface area (Å²) in [7, 11) is 0. The Morgan fingerprint density at radius 2 is 0.812 bits per heavy atom. The van der Waals surface area contributed by atoms with E-state index in [1.165, 1.54) is 0 Å². The van der Waals surface area contributed by atoms with Crippen molar-refractivity contribution in [3.63, 3.8) is 0 Å². The number of rotatable bonds is 10. The SMILES string of the molecule is O=C(C[C@H](Nc1ccccc1)c1ccccc1)C[C@@H](Nc1ccccc1)c1ccccc1. The molecule has 32 heavy (non-hydrogen) atoms. The Bertz CT molecular complexity index is 994. The zero-order valence-electron chi connectivity index (χ0n) is 18.0. The minimum absolute atomic E-state index is 0.0840. The van der Waals surface area contributed by atoms with E-state index in [1.807, 2.05) is 97.1 Å². The van der Waals surface area contributed by atoms with Crippen molar-refractivity contribution >= 4 is 17.2 Å². The molecule has 0 bridgehead atoms. The lowest BCUT2D eigenvalue weighted by atomic mass is 9.95. The average Bonchev–Trinajstić information content (AvgIpc) is 2.86. The van der Waals surface area contributed by atoms with Gasteiger partial charge in [0.1, 0.15) is 5.78 Å². The molecule has 2 N–H and O–H groups in total. The minimum Gasteiger partial charge on any atom is -0.378 e. The summed E-state index contributed by atoms with van der Waals surface area (Å²) in [6.07, 6.45) is 0.831. The van der Waals surface area contributed by atoms with Crippen molar-refractivity contribution in [2.45, 2.75) is 24.9 Å². The zero-order valence-corrected chi connectivity index (χ0v) is 18.0. The molecule has 0 fully saturated rings. The Balaban J connectivity index is 1.51. The van der Waals surface area contributed by atoms with Gasteiger partial charge in [-0.25, -0.2) is 0 Å². The molecule has 0 saturated carbocycles. The second-order valence-corrected chi connectivity index (χ2v) is 7.89. The molecule has 3 nitrogen and oxygen atoms in total. The molecule has 0 aliphatic heterocycles. The van der Waals surface area contributed by atoms with Crippen LogP contribution in [0.4, 0.5) is 11.4 Å². The molecule has 0 saturated heterocycles. The number of carbonyl (C=O) groups excluding carboxylic acids is 1. The predicted octanol–water partition coefficient (Wildman–Crippen LogP) is 7.04. The molecule has 0 amide bonds. The van der Waals surface area contributed by atoms with Crippen LogP contribution in [-0.4, -0.2) is 5.78 Å². The van der Waals surface area contributed by atoms with Gasteiger partial charge in [-0.05, 0) is 35.4 Å². The van der Waals surface area contributed by atoms with Crippen molar-refractivity contribution in [1.82, 2.24) is 0 Å². The molecular formula is C29H28N2O. The van der Waals surface area contributed by atoms with Crippen LogP contribution in [0, 0.1) is 0 Å². The van der Waals surface area contributed by atoms with Gasteiger partial charge >= 0.3 is 0 Å². The summed E-state index contributed by atoms with van der Waals surface area (Å²) in [6.45, 7) is 0. The van der Waals surface area contributed by atoms with Crippen LogP contribution in [0.25, 0.3) is 0 Å². The van der Waals surface area contributed by atoms with Crippen LogP contribution in [0.1, 0.15) is 36.1 Å². The van der Waals surface area contributed by atoms with Crippen molar-refractivity contribution in [2.75, 3.05) is 10.6 Å². The largest absolute Gasteiger partial charge is 0.378 e. The molecule has 0 aliphatic rings. The molecule has 4 aromatic carbocycles. The van der Waals surface area contributed by atoms with E-state index in [4.69, 9.17) is 0 Å². The lowest BCUT2D eigenvalue weighted by molar-refractivity contribution is -0.119. The monoisotopic (exact) mass is 420 g/mol. The fraction of sp³-hybridized carbons (Fsp3) is 0.138. The normalized spacial score (nSPS) is 12.5. The Morgan fingerprint density at radius 3 is 1.16 bits per heavy atom. The second-order valence-electron chi connectivity index (χ2n) is 7.89. The van der Waals surface area contributed by atoms with Crippen LogP contribution in [0.15, 0.2) is 121 Å². The molecule has 2 atom stereocenters. The van der Waals surface area contributed by atoms with E-state index in [0.717, 1.165) is 22.5 Å². The van der Waals surface area contributed by atoms with E-state index >= 15 is 0 Å². The zero-order chi connectivity index (χ0) is 22.0. The number of nitrogens with one attached hydrogen (secondary N) is 2. The molecule has 0 radical (unpaired) electrons. The Kier molecular flexibility index (Phi) is 7.33. The number of Topliss-reactive ketones (excluding diaryl/α,β-unsaturated/α-hetero) is 1. The third-order valence-corrected chi connectivity index (χ3v) is 5.50. The Labute approximate surface area is 190 Å². The van der Waals surface area contributed by atoms with E-state index in [0.29, 0.717) is 12.8 Å². The fourth-order valence-corrected chi connectivity index (χ4v) is 3.88. The molecule has 4 aromatic rings. The van der Waals surface area contributed by atoms with Gasteiger partial charge in [-0.3, -0.25) is 4.79 Å². The number of hydrogen-bond acceptors (Lipinski definition) is 3. The summed E-state index contributed by atoms with van der Waals surface area (Å²) < 4.78 is 0. The van der Waals surface area contributed by atoms with Crippen molar-refractivity contribution in [3.8, 4) is 0 Å². The molecule has 0 spiro atoms. The van der Waals surface area contributed by atoms with Crippen LogP contribution in [0.2, 0.25) is 0 Å². The second kappa shape index (κ2) is 11.0. The first kappa shape index (κ1) is 21.4. The highest BCUT2D eigenvalue weighted by Crippen LogP contribution is 2.27. The van der Waals surface area contributed by atoms with Gasteiger partial charge in [0.05, 0.1) is 12.1 Å². The van der Waals surface area contributed by atoms with Crippen LogP contribution < -0.4 is 10.6 Å². The number of benzene rings is 4. The first-order valence-corrected chi connectivity index (χ1v) is 11.0. The Morgan fingerprint density at radius 1 is 0.500 bits per heavy atom.